The van der Waals surface area contributed by atoms with Gasteiger partial charge in [-0.1, -0.05) is 22.0 Å². The Hall–Kier alpha value is -0.850. The highest BCUT2D eigenvalue weighted by Crippen LogP contribution is 2.23. The highest BCUT2D eigenvalue weighted by Gasteiger charge is 2.08. The van der Waals surface area contributed by atoms with Crippen LogP contribution >= 0.6 is 15.9 Å². The molecule has 0 aliphatic rings. The van der Waals surface area contributed by atoms with Crippen molar-refractivity contribution < 1.29 is 4.39 Å². The van der Waals surface area contributed by atoms with Gasteiger partial charge in [0.15, 0.2) is 0 Å². The van der Waals surface area contributed by atoms with Crippen LogP contribution < -0.4 is 5.32 Å². The summed E-state index contributed by atoms with van der Waals surface area (Å²) < 4.78 is 13.7. The van der Waals surface area contributed by atoms with Gasteiger partial charge in [-0.2, -0.15) is 0 Å². The largest absolute Gasteiger partial charge is 0.310 e. The summed E-state index contributed by atoms with van der Waals surface area (Å²) in [7, 11) is 0. The van der Waals surface area contributed by atoms with Crippen LogP contribution in [0, 0.1) is 18.2 Å². The minimum atomic E-state index is -0.227. The molecule has 0 saturated carbocycles. The van der Waals surface area contributed by atoms with Gasteiger partial charge in [-0.25, -0.2) is 4.39 Å². The fraction of sp³-hybridized carbons (Fsp3) is 0.385. The molecule has 3 heteroatoms. The first-order valence-electron chi connectivity index (χ1n) is 5.27. The van der Waals surface area contributed by atoms with E-state index >= 15 is 0 Å². The molecular weight excluding hydrogens is 269 g/mol. The van der Waals surface area contributed by atoms with Crippen LogP contribution in [0.5, 0.6) is 0 Å². The lowest BCUT2D eigenvalue weighted by molar-refractivity contribution is 0.558. The second kappa shape index (κ2) is 6.67. The van der Waals surface area contributed by atoms with E-state index in [9.17, 15) is 4.39 Å². The van der Waals surface area contributed by atoms with Gasteiger partial charge in [0, 0.05) is 16.9 Å². The zero-order valence-corrected chi connectivity index (χ0v) is 10.8. The summed E-state index contributed by atoms with van der Waals surface area (Å²) in [4.78, 5) is 0. The molecule has 1 nitrogen and oxygen atoms in total. The van der Waals surface area contributed by atoms with E-state index in [1.54, 1.807) is 6.07 Å². The smallest absolute Gasteiger partial charge is 0.124 e. The van der Waals surface area contributed by atoms with Crippen molar-refractivity contribution >= 4 is 15.9 Å². The molecule has 1 aromatic carbocycles. The first-order chi connectivity index (χ1) is 7.65. The lowest BCUT2D eigenvalue weighted by atomic mass is 10.1. The molecule has 0 radical (unpaired) electrons. The Kier molecular flexibility index (Phi) is 5.51. The minimum absolute atomic E-state index is 0.188. The zero-order valence-electron chi connectivity index (χ0n) is 9.26. The van der Waals surface area contributed by atoms with Crippen LogP contribution in [0.15, 0.2) is 22.7 Å². The van der Waals surface area contributed by atoms with Crippen LogP contribution in [0.25, 0.3) is 0 Å². The molecule has 16 heavy (non-hydrogen) atoms. The quantitative estimate of drug-likeness (QED) is 0.643. The molecule has 86 valence electrons. The van der Waals surface area contributed by atoms with Gasteiger partial charge in [0.1, 0.15) is 5.82 Å². The first kappa shape index (κ1) is 13.2. The van der Waals surface area contributed by atoms with Crippen LogP contribution in [-0.2, 0) is 0 Å². The predicted octanol–water partition coefficient (Wildman–Crippen LogP) is 3.65. The number of nitrogens with one attached hydrogen (secondary N) is 1. The zero-order chi connectivity index (χ0) is 12.0. The van der Waals surface area contributed by atoms with Gasteiger partial charge in [-0.05, 0) is 37.6 Å². The van der Waals surface area contributed by atoms with Crippen LogP contribution in [0.3, 0.4) is 0 Å². The van der Waals surface area contributed by atoms with Gasteiger partial charge in [0.2, 0.25) is 0 Å². The number of halogens is 2. The molecule has 1 rings (SSSR count). The van der Waals surface area contributed by atoms with E-state index in [1.165, 1.54) is 12.1 Å². The van der Waals surface area contributed by atoms with E-state index in [1.807, 2.05) is 6.92 Å². The topological polar surface area (TPSA) is 12.0 Å². The van der Waals surface area contributed by atoms with Crippen molar-refractivity contribution in [1.82, 2.24) is 5.32 Å². The van der Waals surface area contributed by atoms with Crippen LogP contribution in [0.2, 0.25) is 0 Å². The third-order valence-corrected chi connectivity index (χ3v) is 3.06. The van der Waals surface area contributed by atoms with Crippen LogP contribution in [0.1, 0.15) is 31.4 Å². The van der Waals surface area contributed by atoms with Crippen molar-refractivity contribution in [2.24, 2.45) is 0 Å². The molecule has 0 bridgehead atoms. The Morgan fingerprint density at radius 3 is 2.94 bits per heavy atom. The maximum absolute atomic E-state index is 12.9. The molecule has 1 unspecified atom stereocenters. The molecule has 1 atom stereocenters. The molecule has 1 aromatic rings. The fourth-order valence-electron chi connectivity index (χ4n) is 1.47. The van der Waals surface area contributed by atoms with E-state index in [2.05, 4.69) is 27.2 Å². The molecule has 0 aliphatic heterocycles. The van der Waals surface area contributed by atoms with Crippen molar-refractivity contribution in [1.29, 1.82) is 0 Å². The summed E-state index contributed by atoms with van der Waals surface area (Å²) in [5.41, 5.74) is 1.06. The van der Waals surface area contributed by atoms with Gasteiger partial charge in [-0.15, -0.1) is 12.3 Å². The Morgan fingerprint density at radius 1 is 1.56 bits per heavy atom. The van der Waals surface area contributed by atoms with Crippen molar-refractivity contribution in [3.05, 3.63) is 34.1 Å². The summed E-state index contributed by atoms with van der Waals surface area (Å²) in [6.45, 7) is 2.92. The monoisotopic (exact) mass is 283 g/mol. The maximum Gasteiger partial charge on any atom is 0.124 e. The molecule has 0 fully saturated rings. The second-order valence-electron chi connectivity index (χ2n) is 3.65. The number of benzene rings is 1. The SMILES string of the molecule is C#CCCCNC(C)c1ccc(F)cc1Br. The van der Waals surface area contributed by atoms with Crippen LogP contribution in [0.4, 0.5) is 4.39 Å². The fourth-order valence-corrected chi connectivity index (χ4v) is 2.17. The summed E-state index contributed by atoms with van der Waals surface area (Å²) in [6, 6.07) is 4.93. The van der Waals surface area contributed by atoms with Gasteiger partial charge in [0.25, 0.3) is 0 Å². The van der Waals surface area contributed by atoms with E-state index < -0.39 is 0 Å². The number of terminal acetylenes is 1. The Bertz CT molecular complexity index is 384. The van der Waals surface area contributed by atoms with Crippen molar-refractivity contribution in [2.45, 2.75) is 25.8 Å². The van der Waals surface area contributed by atoms with Gasteiger partial charge >= 0.3 is 0 Å². The average Bonchev–Trinajstić information content (AvgIpc) is 2.24. The molecule has 1 N–H and O–H groups in total. The summed E-state index contributed by atoms with van der Waals surface area (Å²) in [5, 5.41) is 3.35. The molecular formula is C13H15BrFN. The lowest BCUT2D eigenvalue weighted by Crippen LogP contribution is -2.20. The summed E-state index contributed by atoms with van der Waals surface area (Å²) >= 11 is 3.36. The molecule has 0 aliphatic carbocycles. The number of hydrogen-bond acceptors (Lipinski definition) is 1. The highest BCUT2D eigenvalue weighted by molar-refractivity contribution is 9.10. The van der Waals surface area contributed by atoms with E-state index in [0.717, 1.165) is 29.4 Å². The average molecular weight is 284 g/mol. The highest BCUT2D eigenvalue weighted by atomic mass is 79.9. The number of hydrogen-bond donors (Lipinski definition) is 1. The minimum Gasteiger partial charge on any atom is -0.310 e. The molecule has 0 heterocycles. The Labute approximate surface area is 105 Å². The summed E-state index contributed by atoms with van der Waals surface area (Å²) in [5.74, 6) is 2.37. The van der Waals surface area contributed by atoms with Crippen molar-refractivity contribution in [3.8, 4) is 12.3 Å². The Morgan fingerprint density at radius 2 is 2.31 bits per heavy atom. The molecule has 0 amide bonds. The van der Waals surface area contributed by atoms with E-state index in [0.29, 0.717) is 0 Å². The van der Waals surface area contributed by atoms with Crippen molar-refractivity contribution in [2.75, 3.05) is 6.54 Å². The lowest BCUT2D eigenvalue weighted by Gasteiger charge is -2.15. The third-order valence-electron chi connectivity index (χ3n) is 2.38. The van der Waals surface area contributed by atoms with E-state index in [-0.39, 0.29) is 11.9 Å². The third kappa shape index (κ3) is 3.96. The van der Waals surface area contributed by atoms with Gasteiger partial charge < -0.3 is 5.32 Å². The number of rotatable bonds is 5. The standard InChI is InChI=1S/C13H15BrFN/c1-3-4-5-8-16-10(2)12-7-6-11(15)9-13(12)14/h1,6-7,9-10,16H,4-5,8H2,2H3. The van der Waals surface area contributed by atoms with Gasteiger partial charge in [0.05, 0.1) is 0 Å². The molecule has 0 spiro atoms. The van der Waals surface area contributed by atoms with E-state index in [4.69, 9.17) is 6.42 Å². The maximum atomic E-state index is 12.9. The molecule has 0 saturated heterocycles. The first-order valence-corrected chi connectivity index (χ1v) is 6.06. The van der Waals surface area contributed by atoms with Crippen molar-refractivity contribution in [3.63, 3.8) is 0 Å². The second-order valence-corrected chi connectivity index (χ2v) is 4.50. The Balaban J connectivity index is 2.53. The number of unbranched alkanes of at least 4 members (excludes halogenated alkanes) is 1. The van der Waals surface area contributed by atoms with Gasteiger partial charge in [-0.3, -0.25) is 0 Å². The normalized spacial score (nSPS) is 12.1. The summed E-state index contributed by atoms with van der Waals surface area (Å²) in [6.07, 6.45) is 6.91. The molecule has 0 aromatic heterocycles. The predicted molar refractivity (Wildman–Crippen MR) is 68.6 cm³/mol. The van der Waals surface area contributed by atoms with Crippen LogP contribution in [-0.4, -0.2) is 6.54 Å².